The van der Waals surface area contributed by atoms with Crippen LogP contribution in [-0.2, 0) is 0 Å². The fourth-order valence-electron chi connectivity index (χ4n) is 1.68. The summed E-state index contributed by atoms with van der Waals surface area (Å²) in [5, 5.41) is 3.56. The Kier molecular flexibility index (Phi) is 6.97. The van der Waals surface area contributed by atoms with Crippen molar-refractivity contribution in [3.63, 3.8) is 0 Å². The molecule has 0 aliphatic rings. The second kappa shape index (κ2) is 7.14. The lowest BCUT2D eigenvalue weighted by Gasteiger charge is -2.22. The van der Waals surface area contributed by atoms with Crippen LogP contribution in [0.2, 0.25) is 0 Å². The molecule has 0 spiro atoms. The molecule has 0 aromatic carbocycles. The molecule has 0 aliphatic carbocycles. The van der Waals surface area contributed by atoms with Crippen molar-refractivity contribution in [3.8, 4) is 0 Å². The van der Waals surface area contributed by atoms with Gasteiger partial charge in [0.1, 0.15) is 0 Å². The molecular weight excluding hydrogens is 158 g/mol. The topological polar surface area (TPSA) is 12.0 Å². The molecule has 78 valence electrons. The van der Waals surface area contributed by atoms with Gasteiger partial charge in [-0.15, -0.1) is 6.58 Å². The van der Waals surface area contributed by atoms with Crippen LogP contribution in [0.25, 0.3) is 0 Å². The fourth-order valence-corrected chi connectivity index (χ4v) is 1.68. The third kappa shape index (κ3) is 5.87. The molecule has 1 atom stereocenters. The molecule has 0 aromatic rings. The normalized spacial score (nSPS) is 13.3. The molecule has 0 radical (unpaired) electrons. The van der Waals surface area contributed by atoms with Crippen LogP contribution in [0.1, 0.15) is 47.0 Å². The Morgan fingerprint density at radius 1 is 1.31 bits per heavy atom. The van der Waals surface area contributed by atoms with Gasteiger partial charge in [-0.1, -0.05) is 32.3 Å². The van der Waals surface area contributed by atoms with Gasteiger partial charge in [0.2, 0.25) is 0 Å². The first kappa shape index (κ1) is 12.7. The van der Waals surface area contributed by atoms with Crippen LogP contribution in [0.4, 0.5) is 0 Å². The molecule has 0 amide bonds. The second-order valence-corrected chi connectivity index (χ2v) is 4.03. The van der Waals surface area contributed by atoms with Crippen LogP contribution < -0.4 is 5.32 Å². The Morgan fingerprint density at radius 2 is 1.85 bits per heavy atom. The highest BCUT2D eigenvalue weighted by Crippen LogP contribution is 2.12. The lowest BCUT2D eigenvalue weighted by atomic mass is 9.95. The lowest BCUT2D eigenvalue weighted by molar-refractivity contribution is 0.356. The predicted octanol–water partition coefficient (Wildman–Crippen LogP) is 3.37. The highest BCUT2D eigenvalue weighted by atomic mass is 14.9. The van der Waals surface area contributed by atoms with Crippen molar-refractivity contribution in [1.29, 1.82) is 0 Å². The molecule has 0 saturated heterocycles. The molecule has 0 bridgehead atoms. The van der Waals surface area contributed by atoms with Crippen LogP contribution >= 0.6 is 0 Å². The van der Waals surface area contributed by atoms with Gasteiger partial charge >= 0.3 is 0 Å². The molecule has 13 heavy (non-hydrogen) atoms. The summed E-state index contributed by atoms with van der Waals surface area (Å²) in [6.45, 7) is 13.9. The highest BCUT2D eigenvalue weighted by Gasteiger charge is 2.11. The maximum absolute atomic E-state index is 3.90. The smallest absolute Gasteiger partial charge is 0.00669 e. The molecule has 1 nitrogen and oxygen atoms in total. The summed E-state index contributed by atoms with van der Waals surface area (Å²) in [5.41, 5.74) is 1.27. The summed E-state index contributed by atoms with van der Waals surface area (Å²) in [6, 6.07) is 0.648. The molecule has 0 aliphatic heterocycles. The van der Waals surface area contributed by atoms with Crippen LogP contribution in [0, 0.1) is 5.92 Å². The number of hydrogen-bond donors (Lipinski definition) is 1. The quantitative estimate of drug-likeness (QED) is 0.597. The summed E-state index contributed by atoms with van der Waals surface area (Å²) in [4.78, 5) is 0. The van der Waals surface area contributed by atoms with Crippen LogP contribution in [0.5, 0.6) is 0 Å². The molecule has 1 N–H and O–H groups in total. The first-order valence-electron chi connectivity index (χ1n) is 5.49. The van der Waals surface area contributed by atoms with E-state index in [0.29, 0.717) is 6.04 Å². The highest BCUT2D eigenvalue weighted by molar-refractivity contribution is 4.88. The van der Waals surface area contributed by atoms with Crippen molar-refractivity contribution in [3.05, 3.63) is 12.2 Å². The van der Waals surface area contributed by atoms with E-state index in [1.807, 2.05) is 0 Å². The largest absolute Gasteiger partial charge is 0.314 e. The average Bonchev–Trinajstić information content (AvgIpc) is 2.05. The van der Waals surface area contributed by atoms with E-state index in [9.17, 15) is 0 Å². The van der Waals surface area contributed by atoms with Gasteiger partial charge in [-0.3, -0.25) is 0 Å². The van der Waals surface area contributed by atoms with Crippen molar-refractivity contribution in [2.45, 2.75) is 53.0 Å². The van der Waals surface area contributed by atoms with Gasteiger partial charge in [0, 0.05) is 6.04 Å². The summed E-state index contributed by atoms with van der Waals surface area (Å²) in [5.74, 6) is 0.824. The van der Waals surface area contributed by atoms with E-state index < -0.39 is 0 Å². The van der Waals surface area contributed by atoms with E-state index in [1.54, 1.807) is 0 Å². The van der Waals surface area contributed by atoms with Gasteiger partial charge in [0.05, 0.1) is 0 Å². The SMILES string of the molecule is C=C(C)CCNC(C)C(CC)CC. The molecule has 1 unspecified atom stereocenters. The van der Waals surface area contributed by atoms with Crippen molar-refractivity contribution < 1.29 is 0 Å². The van der Waals surface area contributed by atoms with Crippen LogP contribution in [0.3, 0.4) is 0 Å². The molecular formula is C12H25N. The zero-order chi connectivity index (χ0) is 10.3. The summed E-state index contributed by atoms with van der Waals surface area (Å²) >= 11 is 0. The van der Waals surface area contributed by atoms with E-state index in [0.717, 1.165) is 18.9 Å². The van der Waals surface area contributed by atoms with Crippen molar-refractivity contribution in [2.75, 3.05) is 6.54 Å². The van der Waals surface area contributed by atoms with Crippen LogP contribution in [-0.4, -0.2) is 12.6 Å². The predicted molar refractivity (Wildman–Crippen MR) is 61.0 cm³/mol. The molecule has 0 saturated carbocycles. The maximum atomic E-state index is 3.90. The monoisotopic (exact) mass is 183 g/mol. The number of nitrogens with one attached hydrogen (secondary N) is 1. The maximum Gasteiger partial charge on any atom is 0.00669 e. The van der Waals surface area contributed by atoms with Crippen molar-refractivity contribution >= 4 is 0 Å². The first-order valence-corrected chi connectivity index (χ1v) is 5.49. The van der Waals surface area contributed by atoms with E-state index in [1.165, 1.54) is 18.4 Å². The number of hydrogen-bond acceptors (Lipinski definition) is 1. The van der Waals surface area contributed by atoms with E-state index in [-0.39, 0.29) is 0 Å². The Balaban J connectivity index is 3.59. The van der Waals surface area contributed by atoms with Crippen LogP contribution in [0.15, 0.2) is 12.2 Å². The molecule has 0 rings (SSSR count). The minimum absolute atomic E-state index is 0.648. The second-order valence-electron chi connectivity index (χ2n) is 4.03. The minimum atomic E-state index is 0.648. The third-order valence-electron chi connectivity index (χ3n) is 2.77. The number of rotatable bonds is 7. The first-order chi connectivity index (χ1) is 6.11. The fraction of sp³-hybridized carbons (Fsp3) is 0.833. The molecule has 0 fully saturated rings. The third-order valence-corrected chi connectivity index (χ3v) is 2.77. The molecule has 0 heterocycles. The zero-order valence-electron chi connectivity index (χ0n) is 9.69. The van der Waals surface area contributed by atoms with Gasteiger partial charge in [0.15, 0.2) is 0 Å². The van der Waals surface area contributed by atoms with E-state index in [4.69, 9.17) is 0 Å². The van der Waals surface area contributed by atoms with Crippen molar-refractivity contribution in [2.24, 2.45) is 5.92 Å². The minimum Gasteiger partial charge on any atom is -0.314 e. The Bertz CT molecular complexity index is 136. The van der Waals surface area contributed by atoms with Gasteiger partial charge in [-0.05, 0) is 32.7 Å². The van der Waals surface area contributed by atoms with Gasteiger partial charge in [-0.2, -0.15) is 0 Å². The van der Waals surface area contributed by atoms with Crippen molar-refractivity contribution in [1.82, 2.24) is 5.32 Å². The summed E-state index contributed by atoms with van der Waals surface area (Å²) in [7, 11) is 0. The Morgan fingerprint density at radius 3 is 2.23 bits per heavy atom. The standard InChI is InChI=1S/C12H25N/c1-6-12(7-2)11(5)13-9-8-10(3)4/h11-13H,3,6-9H2,1-2,4-5H3. The Hall–Kier alpha value is -0.300. The van der Waals surface area contributed by atoms with Gasteiger partial charge in [-0.25, -0.2) is 0 Å². The summed E-state index contributed by atoms with van der Waals surface area (Å²) < 4.78 is 0. The lowest BCUT2D eigenvalue weighted by Crippen LogP contribution is -2.33. The molecule has 0 aromatic heterocycles. The van der Waals surface area contributed by atoms with Gasteiger partial charge in [0.25, 0.3) is 0 Å². The van der Waals surface area contributed by atoms with Gasteiger partial charge < -0.3 is 5.32 Å². The Labute approximate surface area is 83.6 Å². The van der Waals surface area contributed by atoms with E-state index in [2.05, 4.69) is 39.6 Å². The summed E-state index contributed by atoms with van der Waals surface area (Å²) in [6.07, 6.45) is 3.65. The average molecular weight is 183 g/mol. The zero-order valence-corrected chi connectivity index (χ0v) is 9.69. The van der Waals surface area contributed by atoms with E-state index >= 15 is 0 Å². The molecule has 1 heteroatoms.